The largest absolute Gasteiger partial charge is 0.310 e. The molecule has 290 valence electrons. The number of hydrogen-bond donors (Lipinski definition) is 0. The Balaban J connectivity index is 1.06. The number of rotatable bonds is 6. The molecule has 0 bridgehead atoms. The highest BCUT2D eigenvalue weighted by atomic mass is 15.2. The summed E-state index contributed by atoms with van der Waals surface area (Å²) in [5.41, 5.74) is 17.7. The molecule has 0 saturated carbocycles. The Labute approximate surface area is 361 Å². The van der Waals surface area contributed by atoms with Gasteiger partial charge in [-0.05, 0) is 98.1 Å². The van der Waals surface area contributed by atoms with Crippen molar-refractivity contribution >= 4 is 17.1 Å². The van der Waals surface area contributed by atoms with Crippen molar-refractivity contribution in [3.63, 3.8) is 0 Å². The first-order chi connectivity index (χ1) is 30.7. The van der Waals surface area contributed by atoms with Gasteiger partial charge in [0.15, 0.2) is 17.5 Å². The fraction of sp³-hybridized carbons (Fsp3) is 0.0172. The standard InChI is InChI=1S/C58H38N4/c1-4-17-39(18-5-1)40-31-33-41(34-32-40)43-21-16-22-44(37-43)56-59-55(42-19-6-2-7-20-42)60-57(61-56)45-35-36-54-52(38-45)58(49-27-12-10-25-47(49)48-26-11-13-28-50(48)58)51-29-14-15-30-53(51)62(54)46-23-8-3-9-24-46/h1-38H. The quantitative estimate of drug-likeness (QED) is 0.168. The highest BCUT2D eigenvalue weighted by molar-refractivity contribution is 5.96. The minimum absolute atomic E-state index is 0.594. The number of para-hydroxylation sites is 2. The fourth-order valence-electron chi connectivity index (χ4n) is 9.78. The van der Waals surface area contributed by atoms with Crippen LogP contribution in [0.1, 0.15) is 22.3 Å². The highest BCUT2D eigenvalue weighted by Crippen LogP contribution is 2.63. The third-order valence-electron chi connectivity index (χ3n) is 12.5. The van der Waals surface area contributed by atoms with Crippen LogP contribution in [-0.2, 0) is 5.41 Å². The van der Waals surface area contributed by atoms with E-state index in [0.717, 1.165) is 44.9 Å². The van der Waals surface area contributed by atoms with Crippen molar-refractivity contribution in [1.29, 1.82) is 0 Å². The summed E-state index contributed by atoms with van der Waals surface area (Å²) in [7, 11) is 0. The lowest BCUT2D eigenvalue weighted by atomic mass is 9.64. The summed E-state index contributed by atoms with van der Waals surface area (Å²) in [4.78, 5) is 18.2. The summed E-state index contributed by atoms with van der Waals surface area (Å²) >= 11 is 0. The van der Waals surface area contributed by atoms with Gasteiger partial charge in [0.25, 0.3) is 0 Å². The summed E-state index contributed by atoms with van der Waals surface area (Å²) in [5, 5.41) is 0. The van der Waals surface area contributed by atoms with Crippen molar-refractivity contribution in [2.75, 3.05) is 4.90 Å². The molecule has 1 aromatic heterocycles. The summed E-state index contributed by atoms with van der Waals surface area (Å²) in [5.74, 6) is 1.87. The van der Waals surface area contributed by atoms with Crippen LogP contribution in [0.5, 0.6) is 0 Å². The minimum Gasteiger partial charge on any atom is -0.310 e. The topological polar surface area (TPSA) is 41.9 Å². The van der Waals surface area contributed by atoms with Gasteiger partial charge in [-0.2, -0.15) is 0 Å². The first-order valence-electron chi connectivity index (χ1n) is 21.1. The second-order valence-electron chi connectivity index (χ2n) is 16.0. The van der Waals surface area contributed by atoms with E-state index in [1.54, 1.807) is 0 Å². The molecule has 4 nitrogen and oxygen atoms in total. The summed E-state index contributed by atoms with van der Waals surface area (Å²) in [6.07, 6.45) is 0. The molecule has 0 saturated heterocycles. The number of aromatic nitrogens is 3. The van der Waals surface area contributed by atoms with Crippen LogP contribution in [0.2, 0.25) is 0 Å². The normalized spacial score (nSPS) is 12.9. The molecule has 1 aliphatic carbocycles. The second kappa shape index (κ2) is 14.5. The van der Waals surface area contributed by atoms with Gasteiger partial charge >= 0.3 is 0 Å². The number of nitrogens with zero attached hydrogens (tertiary/aromatic N) is 4. The lowest BCUT2D eigenvalue weighted by molar-refractivity contribution is 0.753. The molecular formula is C58H38N4. The fourth-order valence-corrected chi connectivity index (χ4v) is 9.78. The van der Waals surface area contributed by atoms with Crippen molar-refractivity contribution < 1.29 is 0 Å². The van der Waals surface area contributed by atoms with Gasteiger partial charge in [0.2, 0.25) is 0 Å². The predicted octanol–water partition coefficient (Wildman–Crippen LogP) is 14.4. The Kier molecular flexibility index (Phi) is 8.36. The Hall–Kier alpha value is -8.21. The molecule has 2 heterocycles. The molecule has 1 spiro atoms. The van der Waals surface area contributed by atoms with Crippen LogP contribution >= 0.6 is 0 Å². The average Bonchev–Trinajstić information content (AvgIpc) is 3.65. The van der Waals surface area contributed by atoms with Crippen molar-refractivity contribution in [2.24, 2.45) is 0 Å². The molecular weight excluding hydrogens is 753 g/mol. The Morgan fingerprint density at radius 2 is 0.694 bits per heavy atom. The lowest BCUT2D eigenvalue weighted by Crippen LogP contribution is -2.36. The average molecular weight is 791 g/mol. The lowest BCUT2D eigenvalue weighted by Gasteiger charge is -2.45. The SMILES string of the molecule is c1ccc(-c2ccc(-c3cccc(-c4nc(-c5ccccc5)nc(-c5ccc6c(c5)C5(c7ccccc7-c7ccccc75)c5ccccc5N6c5ccccc5)n4)c3)cc2)cc1. The third kappa shape index (κ3) is 5.65. The molecule has 9 aromatic carbocycles. The highest BCUT2D eigenvalue weighted by Gasteiger charge is 2.51. The molecule has 0 atom stereocenters. The molecule has 0 radical (unpaired) electrons. The first-order valence-corrected chi connectivity index (χ1v) is 21.1. The van der Waals surface area contributed by atoms with Crippen LogP contribution in [0.3, 0.4) is 0 Å². The zero-order chi connectivity index (χ0) is 41.0. The van der Waals surface area contributed by atoms with Gasteiger partial charge in [0.05, 0.1) is 16.8 Å². The van der Waals surface area contributed by atoms with Crippen LogP contribution in [0.25, 0.3) is 67.5 Å². The summed E-state index contributed by atoms with van der Waals surface area (Å²) < 4.78 is 0. The molecule has 0 fully saturated rings. The van der Waals surface area contributed by atoms with E-state index in [9.17, 15) is 0 Å². The third-order valence-corrected chi connectivity index (χ3v) is 12.5. The van der Waals surface area contributed by atoms with Crippen molar-refractivity contribution in [3.8, 4) is 67.5 Å². The number of benzene rings is 9. The van der Waals surface area contributed by atoms with Gasteiger partial charge in [0, 0.05) is 22.4 Å². The van der Waals surface area contributed by atoms with Gasteiger partial charge in [0.1, 0.15) is 0 Å². The van der Waals surface area contributed by atoms with E-state index >= 15 is 0 Å². The van der Waals surface area contributed by atoms with Gasteiger partial charge in [-0.3, -0.25) is 0 Å². The van der Waals surface area contributed by atoms with Gasteiger partial charge < -0.3 is 4.90 Å². The van der Waals surface area contributed by atoms with Gasteiger partial charge in [-0.15, -0.1) is 0 Å². The van der Waals surface area contributed by atoms with Crippen LogP contribution in [0, 0.1) is 0 Å². The van der Waals surface area contributed by atoms with Crippen LogP contribution in [-0.4, -0.2) is 15.0 Å². The van der Waals surface area contributed by atoms with E-state index in [-0.39, 0.29) is 0 Å². The molecule has 10 aromatic rings. The Bertz CT molecular complexity index is 3240. The predicted molar refractivity (Wildman–Crippen MR) is 253 cm³/mol. The first kappa shape index (κ1) is 35.7. The zero-order valence-electron chi connectivity index (χ0n) is 33.7. The summed E-state index contributed by atoms with van der Waals surface area (Å²) in [6, 6.07) is 82.2. The smallest absolute Gasteiger partial charge is 0.164 e. The van der Waals surface area contributed by atoms with Crippen LogP contribution < -0.4 is 4.90 Å². The maximum atomic E-state index is 5.33. The second-order valence-corrected chi connectivity index (χ2v) is 16.0. The van der Waals surface area contributed by atoms with E-state index < -0.39 is 5.41 Å². The van der Waals surface area contributed by atoms with E-state index in [1.807, 2.05) is 24.3 Å². The molecule has 62 heavy (non-hydrogen) atoms. The van der Waals surface area contributed by atoms with E-state index in [1.165, 1.54) is 44.5 Å². The zero-order valence-corrected chi connectivity index (χ0v) is 33.7. The van der Waals surface area contributed by atoms with E-state index in [0.29, 0.717) is 17.5 Å². The van der Waals surface area contributed by atoms with Crippen LogP contribution in [0.4, 0.5) is 17.1 Å². The number of fused-ring (bicyclic) bond motifs is 9. The monoisotopic (exact) mass is 790 g/mol. The molecule has 0 unspecified atom stereocenters. The maximum absolute atomic E-state index is 5.33. The van der Waals surface area contributed by atoms with Crippen molar-refractivity contribution in [1.82, 2.24) is 15.0 Å². The van der Waals surface area contributed by atoms with Gasteiger partial charge in [-0.1, -0.05) is 188 Å². The molecule has 4 heteroatoms. The van der Waals surface area contributed by atoms with Crippen LogP contribution in [0.15, 0.2) is 231 Å². The molecule has 0 amide bonds. The van der Waals surface area contributed by atoms with Crippen molar-refractivity contribution in [3.05, 3.63) is 253 Å². The summed E-state index contributed by atoms with van der Waals surface area (Å²) in [6.45, 7) is 0. The minimum atomic E-state index is -0.594. The maximum Gasteiger partial charge on any atom is 0.164 e. The molecule has 2 aliphatic rings. The molecule has 0 N–H and O–H groups in total. The van der Waals surface area contributed by atoms with E-state index in [4.69, 9.17) is 15.0 Å². The Morgan fingerprint density at radius 1 is 0.274 bits per heavy atom. The molecule has 12 rings (SSSR count). The van der Waals surface area contributed by atoms with Gasteiger partial charge in [-0.25, -0.2) is 15.0 Å². The number of anilines is 3. The van der Waals surface area contributed by atoms with Crippen molar-refractivity contribution in [2.45, 2.75) is 5.41 Å². The Morgan fingerprint density at radius 3 is 1.34 bits per heavy atom. The molecule has 1 aliphatic heterocycles. The number of hydrogen-bond acceptors (Lipinski definition) is 4. The van der Waals surface area contributed by atoms with E-state index in [2.05, 4.69) is 211 Å².